The predicted molar refractivity (Wildman–Crippen MR) is 139 cm³/mol. The van der Waals surface area contributed by atoms with Gasteiger partial charge >= 0.3 is 11.8 Å². The van der Waals surface area contributed by atoms with E-state index in [1.807, 2.05) is 13.8 Å². The molecule has 0 aliphatic heterocycles. The number of ether oxygens (including phenoxy) is 2. The lowest BCUT2D eigenvalue weighted by molar-refractivity contribution is -0.136. The zero-order valence-electron chi connectivity index (χ0n) is 19.7. The molecule has 0 spiro atoms. The van der Waals surface area contributed by atoms with E-state index in [0.29, 0.717) is 40.1 Å². The summed E-state index contributed by atoms with van der Waals surface area (Å²) in [7, 11) is 0. The second kappa shape index (κ2) is 12.9. The van der Waals surface area contributed by atoms with Crippen molar-refractivity contribution in [2.45, 2.75) is 13.8 Å². The van der Waals surface area contributed by atoms with E-state index in [4.69, 9.17) is 21.1 Å². The van der Waals surface area contributed by atoms with Crippen LogP contribution >= 0.6 is 11.6 Å². The number of para-hydroxylation sites is 2. The second-order valence-electron chi connectivity index (χ2n) is 7.40. The molecule has 0 unspecified atom stereocenters. The average Bonchev–Trinajstić information content (AvgIpc) is 2.87. The van der Waals surface area contributed by atoms with Crippen LogP contribution in [0, 0.1) is 6.92 Å². The summed E-state index contributed by atoms with van der Waals surface area (Å²) >= 11 is 6.07. The molecule has 0 fully saturated rings. The normalized spacial score (nSPS) is 10.5. The molecule has 3 rings (SSSR count). The number of carbonyl (C=O) groups excluding carboxylic acids is 3. The molecule has 36 heavy (non-hydrogen) atoms. The molecule has 0 heterocycles. The SMILES string of the molecule is CCOc1ccccc1NC(=O)C(=O)N/N=C\c1cccc(OCC(=O)Nc2cccc(Cl)c2C)c1. The van der Waals surface area contributed by atoms with Gasteiger partial charge in [0.25, 0.3) is 5.91 Å². The Kier molecular flexibility index (Phi) is 9.41. The topological polar surface area (TPSA) is 118 Å². The Labute approximate surface area is 213 Å². The number of nitrogens with zero attached hydrogens (tertiary/aromatic N) is 1. The minimum Gasteiger partial charge on any atom is -0.492 e. The van der Waals surface area contributed by atoms with Gasteiger partial charge in [-0.15, -0.1) is 0 Å². The monoisotopic (exact) mass is 508 g/mol. The Balaban J connectivity index is 1.50. The third-order valence-electron chi connectivity index (χ3n) is 4.79. The van der Waals surface area contributed by atoms with Crippen molar-refractivity contribution in [2.75, 3.05) is 23.8 Å². The molecule has 3 aromatic rings. The van der Waals surface area contributed by atoms with Crippen LogP contribution in [0.1, 0.15) is 18.1 Å². The zero-order valence-corrected chi connectivity index (χ0v) is 20.5. The molecule has 186 valence electrons. The lowest BCUT2D eigenvalue weighted by atomic mass is 10.2. The van der Waals surface area contributed by atoms with Gasteiger partial charge in [-0.2, -0.15) is 5.10 Å². The van der Waals surface area contributed by atoms with Crippen molar-refractivity contribution >= 4 is 46.9 Å². The van der Waals surface area contributed by atoms with Crippen molar-refractivity contribution in [2.24, 2.45) is 5.10 Å². The van der Waals surface area contributed by atoms with Crippen LogP contribution in [0.25, 0.3) is 0 Å². The zero-order chi connectivity index (χ0) is 25.9. The van der Waals surface area contributed by atoms with E-state index < -0.39 is 11.8 Å². The number of nitrogens with one attached hydrogen (secondary N) is 3. The molecule has 3 N–H and O–H groups in total. The molecule has 0 radical (unpaired) electrons. The molecular weight excluding hydrogens is 484 g/mol. The van der Waals surface area contributed by atoms with Crippen molar-refractivity contribution in [3.63, 3.8) is 0 Å². The number of rotatable bonds is 9. The highest BCUT2D eigenvalue weighted by molar-refractivity contribution is 6.39. The lowest BCUT2D eigenvalue weighted by Gasteiger charge is -2.11. The predicted octanol–water partition coefficient (Wildman–Crippen LogP) is 4.15. The van der Waals surface area contributed by atoms with Crippen LogP contribution in [0.2, 0.25) is 5.02 Å². The fourth-order valence-electron chi connectivity index (χ4n) is 3.01. The van der Waals surface area contributed by atoms with Gasteiger partial charge in [-0.3, -0.25) is 14.4 Å². The summed E-state index contributed by atoms with van der Waals surface area (Å²) in [5.74, 6) is -1.30. The molecule has 10 heteroatoms. The van der Waals surface area contributed by atoms with Crippen molar-refractivity contribution in [3.8, 4) is 11.5 Å². The number of anilines is 2. The fourth-order valence-corrected chi connectivity index (χ4v) is 3.18. The van der Waals surface area contributed by atoms with Gasteiger partial charge in [-0.1, -0.05) is 41.9 Å². The standard InChI is InChI=1S/C26H25ClN4O5/c1-3-35-23-13-5-4-11-22(23)30-25(33)26(34)31-28-15-18-8-6-9-19(14-18)36-16-24(32)29-21-12-7-10-20(27)17(21)2/h4-15H,3,16H2,1-2H3,(H,29,32)(H,30,33)(H,31,34)/b28-15-. The summed E-state index contributed by atoms with van der Waals surface area (Å²) in [5.41, 5.74) is 4.51. The third kappa shape index (κ3) is 7.57. The Hall–Kier alpha value is -4.37. The molecule has 3 amide bonds. The number of hydrogen-bond acceptors (Lipinski definition) is 6. The highest BCUT2D eigenvalue weighted by Gasteiger charge is 2.15. The Morgan fingerprint density at radius 1 is 0.917 bits per heavy atom. The summed E-state index contributed by atoms with van der Waals surface area (Å²) in [6, 6.07) is 18.8. The van der Waals surface area contributed by atoms with Crippen LogP contribution in [-0.2, 0) is 14.4 Å². The van der Waals surface area contributed by atoms with Crippen LogP contribution in [0.15, 0.2) is 71.8 Å². The molecular formula is C26H25ClN4O5. The average molecular weight is 509 g/mol. The van der Waals surface area contributed by atoms with E-state index in [1.165, 1.54) is 6.21 Å². The summed E-state index contributed by atoms with van der Waals surface area (Å²) in [6.07, 6.45) is 1.35. The number of halogens is 1. The Bertz CT molecular complexity index is 1280. The minimum atomic E-state index is -0.946. The highest BCUT2D eigenvalue weighted by atomic mass is 35.5. The van der Waals surface area contributed by atoms with E-state index in [2.05, 4.69) is 21.2 Å². The fraction of sp³-hybridized carbons (Fsp3) is 0.154. The van der Waals surface area contributed by atoms with Crippen LogP contribution in [-0.4, -0.2) is 37.1 Å². The lowest BCUT2D eigenvalue weighted by Crippen LogP contribution is -2.32. The number of amides is 3. The maximum Gasteiger partial charge on any atom is 0.329 e. The number of hydrazone groups is 1. The maximum absolute atomic E-state index is 12.2. The van der Waals surface area contributed by atoms with Crippen molar-refractivity contribution in [1.29, 1.82) is 0 Å². The molecule has 0 saturated carbocycles. The summed E-state index contributed by atoms with van der Waals surface area (Å²) in [6.45, 7) is 3.83. The highest BCUT2D eigenvalue weighted by Crippen LogP contribution is 2.24. The first-order valence-corrected chi connectivity index (χ1v) is 11.4. The minimum absolute atomic E-state index is 0.216. The molecule has 0 saturated heterocycles. The largest absolute Gasteiger partial charge is 0.492 e. The quantitative estimate of drug-likeness (QED) is 0.228. The molecule has 3 aromatic carbocycles. The summed E-state index contributed by atoms with van der Waals surface area (Å²) in [5, 5.41) is 9.61. The maximum atomic E-state index is 12.2. The Morgan fingerprint density at radius 3 is 2.47 bits per heavy atom. The molecule has 0 atom stereocenters. The number of benzene rings is 3. The van der Waals surface area contributed by atoms with Crippen molar-refractivity contribution in [3.05, 3.63) is 82.9 Å². The van der Waals surface area contributed by atoms with Crippen LogP contribution in [0.4, 0.5) is 11.4 Å². The van der Waals surface area contributed by atoms with E-state index in [1.54, 1.807) is 66.7 Å². The van der Waals surface area contributed by atoms with E-state index in [0.717, 1.165) is 5.56 Å². The second-order valence-corrected chi connectivity index (χ2v) is 7.81. The first kappa shape index (κ1) is 26.2. The van der Waals surface area contributed by atoms with Gasteiger partial charge in [0.05, 0.1) is 18.5 Å². The van der Waals surface area contributed by atoms with Crippen LogP contribution < -0.4 is 25.5 Å². The molecule has 0 aliphatic rings. The van der Waals surface area contributed by atoms with Crippen LogP contribution in [0.3, 0.4) is 0 Å². The van der Waals surface area contributed by atoms with Crippen molar-refractivity contribution < 1.29 is 23.9 Å². The summed E-state index contributed by atoms with van der Waals surface area (Å²) < 4.78 is 11.0. The molecule has 0 bridgehead atoms. The van der Waals surface area contributed by atoms with E-state index in [9.17, 15) is 14.4 Å². The van der Waals surface area contributed by atoms with Gasteiger partial charge in [0, 0.05) is 10.7 Å². The van der Waals surface area contributed by atoms with Crippen LogP contribution in [0.5, 0.6) is 11.5 Å². The van der Waals surface area contributed by atoms with Gasteiger partial charge < -0.3 is 20.1 Å². The van der Waals surface area contributed by atoms with E-state index in [-0.39, 0.29) is 12.5 Å². The number of hydrogen-bond donors (Lipinski definition) is 3. The van der Waals surface area contributed by atoms with Gasteiger partial charge in [0.2, 0.25) is 0 Å². The van der Waals surface area contributed by atoms with Gasteiger partial charge in [-0.25, -0.2) is 5.43 Å². The third-order valence-corrected chi connectivity index (χ3v) is 5.20. The van der Waals surface area contributed by atoms with E-state index >= 15 is 0 Å². The molecule has 0 aromatic heterocycles. The first-order chi connectivity index (χ1) is 17.4. The number of carbonyl (C=O) groups is 3. The molecule has 9 nitrogen and oxygen atoms in total. The van der Waals surface area contributed by atoms with Crippen molar-refractivity contribution in [1.82, 2.24) is 5.43 Å². The Morgan fingerprint density at radius 2 is 1.67 bits per heavy atom. The smallest absolute Gasteiger partial charge is 0.329 e. The summed E-state index contributed by atoms with van der Waals surface area (Å²) in [4.78, 5) is 36.5. The first-order valence-electron chi connectivity index (χ1n) is 11.0. The van der Waals surface area contributed by atoms with Gasteiger partial charge in [0.1, 0.15) is 11.5 Å². The van der Waals surface area contributed by atoms with Gasteiger partial charge in [0.15, 0.2) is 6.61 Å². The van der Waals surface area contributed by atoms with Gasteiger partial charge in [-0.05, 0) is 61.4 Å². The molecule has 0 aliphatic carbocycles.